The summed E-state index contributed by atoms with van der Waals surface area (Å²) in [5, 5.41) is 12.3. The third-order valence-corrected chi connectivity index (χ3v) is 6.45. The number of H-pyrrole nitrogens is 1. The minimum Gasteiger partial charge on any atom is -0.507 e. The van der Waals surface area contributed by atoms with E-state index in [4.69, 9.17) is 9.47 Å². The van der Waals surface area contributed by atoms with Gasteiger partial charge in [0.05, 0.1) is 25.3 Å². The van der Waals surface area contributed by atoms with E-state index in [1.165, 1.54) is 4.90 Å². The molecule has 1 aromatic heterocycles. The lowest BCUT2D eigenvalue weighted by Gasteiger charge is -2.25. The van der Waals surface area contributed by atoms with Gasteiger partial charge in [0.2, 0.25) is 0 Å². The Morgan fingerprint density at radius 3 is 2.50 bits per heavy atom. The van der Waals surface area contributed by atoms with Crippen LogP contribution in [0.15, 0.2) is 78.5 Å². The van der Waals surface area contributed by atoms with E-state index < -0.39 is 17.7 Å². The van der Waals surface area contributed by atoms with Gasteiger partial charge in [0.25, 0.3) is 11.7 Å². The van der Waals surface area contributed by atoms with Gasteiger partial charge in [-0.05, 0) is 67.9 Å². The van der Waals surface area contributed by atoms with Crippen molar-refractivity contribution in [2.24, 2.45) is 0 Å². The van der Waals surface area contributed by atoms with Gasteiger partial charge in [-0.25, -0.2) is 0 Å². The van der Waals surface area contributed by atoms with Crippen LogP contribution >= 0.6 is 0 Å². The van der Waals surface area contributed by atoms with Crippen molar-refractivity contribution in [3.05, 3.63) is 95.2 Å². The lowest BCUT2D eigenvalue weighted by atomic mass is 9.94. The Balaban J connectivity index is 1.72. The molecule has 0 aliphatic carbocycles. The first kappa shape index (κ1) is 23.2. The van der Waals surface area contributed by atoms with Crippen molar-refractivity contribution in [3.8, 4) is 11.5 Å². The number of nitrogens with one attached hydrogen (secondary N) is 1. The first-order valence-corrected chi connectivity index (χ1v) is 11.7. The molecule has 0 saturated carbocycles. The number of aromatic nitrogens is 1. The number of carbonyl (C=O) groups excluding carboxylic acids is 2. The maximum absolute atomic E-state index is 13.5. The van der Waals surface area contributed by atoms with Crippen molar-refractivity contribution in [3.63, 3.8) is 0 Å². The number of nitrogens with zero attached hydrogens (tertiary/aromatic N) is 1. The highest BCUT2D eigenvalue weighted by atomic mass is 16.5. The Labute approximate surface area is 208 Å². The van der Waals surface area contributed by atoms with Gasteiger partial charge in [0, 0.05) is 33.9 Å². The summed E-state index contributed by atoms with van der Waals surface area (Å²) in [4.78, 5) is 31.6. The number of aryl methyl sites for hydroxylation is 1. The summed E-state index contributed by atoms with van der Waals surface area (Å²) in [6, 6.07) is 19.0. The van der Waals surface area contributed by atoms with Gasteiger partial charge >= 0.3 is 0 Å². The van der Waals surface area contributed by atoms with Gasteiger partial charge in [-0.2, -0.15) is 0 Å². The van der Waals surface area contributed by atoms with E-state index in [1.54, 1.807) is 55.8 Å². The number of Topliss-reactive ketones (excluding diaryl/α,β-unsaturated/α-hetero) is 1. The zero-order valence-corrected chi connectivity index (χ0v) is 20.2. The number of methoxy groups -OCH3 is 1. The van der Waals surface area contributed by atoms with Crippen molar-refractivity contribution in [2.75, 3.05) is 18.6 Å². The fourth-order valence-corrected chi connectivity index (χ4v) is 4.76. The SMILES string of the molecule is CCOc1ccc(N2C(=O)C(=O)/C(=C(/O)c3ccc(OC)c(C)c3)C2c2c[nH]c3ccccc23)cc1. The molecule has 2 N–H and O–H groups in total. The monoisotopic (exact) mass is 482 g/mol. The number of fused-ring (bicyclic) bond motifs is 1. The van der Waals surface area contributed by atoms with Gasteiger partial charge in [-0.1, -0.05) is 18.2 Å². The van der Waals surface area contributed by atoms with Gasteiger partial charge in [-0.15, -0.1) is 0 Å². The number of aliphatic hydroxyl groups excluding tert-OH is 1. The summed E-state index contributed by atoms with van der Waals surface area (Å²) in [5.41, 5.74) is 3.37. The molecule has 1 fully saturated rings. The number of para-hydroxylation sites is 1. The molecule has 0 bridgehead atoms. The van der Waals surface area contributed by atoms with E-state index >= 15 is 0 Å². The van der Waals surface area contributed by atoms with Crippen molar-refractivity contribution in [1.82, 2.24) is 4.98 Å². The summed E-state index contributed by atoms with van der Waals surface area (Å²) < 4.78 is 10.9. The molecule has 1 aliphatic heterocycles. The molecule has 182 valence electrons. The number of hydrogen-bond donors (Lipinski definition) is 2. The van der Waals surface area contributed by atoms with Crippen LogP contribution in [-0.4, -0.2) is 35.5 Å². The molecular formula is C29H26N2O5. The molecule has 1 aliphatic rings. The fourth-order valence-electron chi connectivity index (χ4n) is 4.76. The van der Waals surface area contributed by atoms with E-state index in [-0.39, 0.29) is 11.3 Å². The van der Waals surface area contributed by atoms with Crippen molar-refractivity contribution in [1.29, 1.82) is 0 Å². The number of hydrogen-bond acceptors (Lipinski definition) is 5. The molecule has 4 aromatic rings. The summed E-state index contributed by atoms with van der Waals surface area (Å²) in [6.45, 7) is 4.26. The second-order valence-electron chi connectivity index (χ2n) is 8.57. The van der Waals surface area contributed by atoms with Crippen LogP contribution in [0.2, 0.25) is 0 Å². The number of aliphatic hydroxyl groups is 1. The van der Waals surface area contributed by atoms with E-state index in [0.29, 0.717) is 34.9 Å². The van der Waals surface area contributed by atoms with Crippen LogP contribution < -0.4 is 14.4 Å². The molecule has 36 heavy (non-hydrogen) atoms. The number of benzene rings is 3. The molecule has 1 unspecified atom stereocenters. The molecular weight excluding hydrogens is 456 g/mol. The van der Waals surface area contributed by atoms with Gasteiger partial charge in [0.15, 0.2) is 0 Å². The smallest absolute Gasteiger partial charge is 0.300 e. The molecule has 1 saturated heterocycles. The number of aromatic amines is 1. The largest absolute Gasteiger partial charge is 0.507 e. The molecule has 7 heteroatoms. The highest BCUT2D eigenvalue weighted by molar-refractivity contribution is 6.51. The van der Waals surface area contributed by atoms with Crippen LogP contribution in [0.1, 0.15) is 29.7 Å². The zero-order chi connectivity index (χ0) is 25.4. The van der Waals surface area contributed by atoms with Gasteiger partial charge in [-0.3, -0.25) is 14.5 Å². The van der Waals surface area contributed by atoms with Crippen LogP contribution in [-0.2, 0) is 9.59 Å². The Bertz CT molecular complexity index is 1500. The predicted molar refractivity (Wildman–Crippen MR) is 138 cm³/mol. The number of carbonyl (C=O) groups is 2. The van der Waals surface area contributed by atoms with E-state index in [9.17, 15) is 14.7 Å². The minimum atomic E-state index is -0.832. The molecule has 2 heterocycles. The predicted octanol–water partition coefficient (Wildman–Crippen LogP) is 5.51. The molecule has 0 spiro atoms. The maximum atomic E-state index is 13.5. The number of ketones is 1. The van der Waals surface area contributed by atoms with Crippen LogP contribution in [0.5, 0.6) is 11.5 Å². The second kappa shape index (κ2) is 9.26. The van der Waals surface area contributed by atoms with E-state index in [2.05, 4.69) is 4.98 Å². The van der Waals surface area contributed by atoms with Gasteiger partial charge in [0.1, 0.15) is 17.3 Å². The first-order valence-electron chi connectivity index (χ1n) is 11.7. The Hall–Kier alpha value is -4.52. The quantitative estimate of drug-likeness (QED) is 0.215. The number of amides is 1. The lowest BCUT2D eigenvalue weighted by Crippen LogP contribution is -2.29. The van der Waals surface area contributed by atoms with E-state index in [0.717, 1.165) is 16.5 Å². The Kier molecular flexibility index (Phi) is 5.98. The third-order valence-electron chi connectivity index (χ3n) is 6.45. The number of rotatable bonds is 6. The molecule has 3 aromatic carbocycles. The standard InChI is InChI=1S/C29H26N2O5/c1-4-36-20-12-10-19(11-13-20)31-26(22-16-30-23-8-6-5-7-21(22)23)25(28(33)29(31)34)27(32)18-9-14-24(35-3)17(2)15-18/h5-16,26,30,32H,4H2,1-3H3/b27-25+. The molecule has 0 radical (unpaired) electrons. The topological polar surface area (TPSA) is 91.9 Å². The van der Waals surface area contributed by atoms with Crippen molar-refractivity contribution in [2.45, 2.75) is 19.9 Å². The van der Waals surface area contributed by atoms with Crippen LogP contribution in [0.3, 0.4) is 0 Å². The highest BCUT2D eigenvalue weighted by Gasteiger charge is 2.47. The molecule has 1 atom stereocenters. The highest BCUT2D eigenvalue weighted by Crippen LogP contribution is 2.44. The van der Waals surface area contributed by atoms with Crippen molar-refractivity contribution >= 4 is 34.0 Å². The van der Waals surface area contributed by atoms with Crippen LogP contribution in [0.4, 0.5) is 5.69 Å². The normalized spacial score (nSPS) is 17.1. The minimum absolute atomic E-state index is 0.0307. The zero-order valence-electron chi connectivity index (χ0n) is 20.2. The Morgan fingerprint density at radius 2 is 1.81 bits per heavy atom. The first-order chi connectivity index (χ1) is 17.4. The summed E-state index contributed by atoms with van der Waals surface area (Å²) in [5.74, 6) is -0.362. The average molecular weight is 483 g/mol. The molecule has 5 rings (SSSR count). The molecule has 7 nitrogen and oxygen atoms in total. The van der Waals surface area contributed by atoms with Crippen LogP contribution in [0, 0.1) is 6.92 Å². The second-order valence-corrected chi connectivity index (χ2v) is 8.57. The lowest BCUT2D eigenvalue weighted by molar-refractivity contribution is -0.132. The fraction of sp³-hybridized carbons (Fsp3) is 0.172. The van der Waals surface area contributed by atoms with Crippen LogP contribution in [0.25, 0.3) is 16.7 Å². The molecule has 1 amide bonds. The number of ether oxygens (including phenoxy) is 2. The average Bonchev–Trinajstić information content (AvgIpc) is 3.43. The number of anilines is 1. The van der Waals surface area contributed by atoms with Gasteiger partial charge < -0.3 is 19.6 Å². The van der Waals surface area contributed by atoms with Crippen molar-refractivity contribution < 1.29 is 24.2 Å². The summed E-state index contributed by atoms with van der Waals surface area (Å²) in [6.07, 6.45) is 1.79. The van der Waals surface area contributed by atoms with E-state index in [1.807, 2.05) is 38.1 Å². The summed E-state index contributed by atoms with van der Waals surface area (Å²) in [7, 11) is 1.57. The third kappa shape index (κ3) is 3.79. The summed E-state index contributed by atoms with van der Waals surface area (Å²) >= 11 is 0. The Morgan fingerprint density at radius 1 is 1.06 bits per heavy atom. The maximum Gasteiger partial charge on any atom is 0.300 e.